The number of benzene rings is 1. The van der Waals surface area contributed by atoms with Gasteiger partial charge in [0, 0.05) is 17.9 Å². The Balaban J connectivity index is 2.09. The molecule has 0 bridgehead atoms. The number of anilines is 1. The van der Waals surface area contributed by atoms with E-state index in [1.165, 1.54) is 12.8 Å². The average molecular weight is 297 g/mol. The molecular weight excluding hydrogens is 274 g/mol. The number of nitrogens with one attached hydrogen (secondary N) is 2. The largest absolute Gasteiger partial charge is 0.387 e. The van der Waals surface area contributed by atoms with Crippen molar-refractivity contribution in [2.45, 2.75) is 52.5 Å². The highest BCUT2D eigenvalue weighted by atomic mass is 16.1. The molecule has 0 aromatic heterocycles. The molecule has 0 heterocycles. The molecule has 22 heavy (non-hydrogen) atoms. The molecule has 2 rings (SSSR count). The summed E-state index contributed by atoms with van der Waals surface area (Å²) < 4.78 is 0. The van der Waals surface area contributed by atoms with Crippen molar-refractivity contribution in [1.82, 2.24) is 5.32 Å². The van der Waals surface area contributed by atoms with Crippen molar-refractivity contribution in [3.8, 4) is 6.07 Å². The van der Waals surface area contributed by atoms with E-state index in [1.807, 2.05) is 39.0 Å². The maximum absolute atomic E-state index is 12.3. The number of carbonyl (C=O) groups is 1. The fourth-order valence-electron chi connectivity index (χ4n) is 3.00. The van der Waals surface area contributed by atoms with Gasteiger partial charge in [0.05, 0.1) is 0 Å². The molecule has 2 N–H and O–H groups in total. The molecule has 1 aromatic carbocycles. The van der Waals surface area contributed by atoms with Gasteiger partial charge in [-0.3, -0.25) is 4.79 Å². The first-order valence-electron chi connectivity index (χ1n) is 7.76. The lowest BCUT2D eigenvalue weighted by Crippen LogP contribution is -2.23. The number of nitriles is 1. The topological polar surface area (TPSA) is 64.9 Å². The summed E-state index contributed by atoms with van der Waals surface area (Å²) >= 11 is 0. The van der Waals surface area contributed by atoms with E-state index < -0.39 is 0 Å². The summed E-state index contributed by atoms with van der Waals surface area (Å²) in [5.41, 5.74) is 4.08. The van der Waals surface area contributed by atoms with Crippen molar-refractivity contribution in [2.75, 3.05) is 5.32 Å². The zero-order chi connectivity index (χ0) is 16.1. The first-order valence-corrected chi connectivity index (χ1v) is 7.76. The average Bonchev–Trinajstić information content (AvgIpc) is 2.96. The number of carbonyl (C=O) groups excluding carboxylic acids is 1. The molecule has 0 saturated heterocycles. The molecule has 4 nitrogen and oxygen atoms in total. The molecule has 0 radical (unpaired) electrons. The Kier molecular flexibility index (Phi) is 5.21. The predicted octanol–water partition coefficient (Wildman–Crippen LogP) is 3.49. The third kappa shape index (κ3) is 3.88. The van der Waals surface area contributed by atoms with Gasteiger partial charge in [-0.15, -0.1) is 0 Å². The Morgan fingerprint density at radius 1 is 1.23 bits per heavy atom. The van der Waals surface area contributed by atoms with Gasteiger partial charge in [-0.2, -0.15) is 5.26 Å². The minimum Gasteiger partial charge on any atom is -0.387 e. The van der Waals surface area contributed by atoms with Crippen molar-refractivity contribution in [3.05, 3.63) is 40.6 Å². The minimum absolute atomic E-state index is 0.117. The molecule has 0 unspecified atom stereocenters. The summed E-state index contributed by atoms with van der Waals surface area (Å²) in [7, 11) is 0. The Morgan fingerprint density at radius 3 is 2.36 bits per heavy atom. The Labute approximate surface area is 132 Å². The molecule has 0 atom stereocenters. The number of aryl methyl sites for hydroxylation is 3. The van der Waals surface area contributed by atoms with E-state index >= 15 is 0 Å². The normalized spacial score (nSPS) is 15.5. The highest BCUT2D eigenvalue weighted by Gasteiger charge is 2.16. The maximum Gasteiger partial charge on any atom is 0.267 e. The predicted molar refractivity (Wildman–Crippen MR) is 88.4 cm³/mol. The first kappa shape index (κ1) is 16.1. The van der Waals surface area contributed by atoms with E-state index in [9.17, 15) is 10.1 Å². The third-order valence-corrected chi connectivity index (χ3v) is 4.10. The van der Waals surface area contributed by atoms with Crippen LogP contribution in [-0.2, 0) is 4.79 Å². The molecular formula is C18H23N3O. The fourth-order valence-corrected chi connectivity index (χ4v) is 3.00. The monoisotopic (exact) mass is 297 g/mol. The summed E-state index contributed by atoms with van der Waals surface area (Å²) in [6, 6.07) is 6.42. The second-order valence-corrected chi connectivity index (χ2v) is 6.05. The van der Waals surface area contributed by atoms with E-state index in [-0.39, 0.29) is 11.5 Å². The molecule has 1 fully saturated rings. The van der Waals surface area contributed by atoms with Crippen LogP contribution in [0.2, 0.25) is 0 Å². The van der Waals surface area contributed by atoms with Gasteiger partial charge < -0.3 is 10.6 Å². The van der Waals surface area contributed by atoms with Crippen LogP contribution >= 0.6 is 0 Å². The van der Waals surface area contributed by atoms with Crippen LogP contribution in [0.4, 0.5) is 5.69 Å². The van der Waals surface area contributed by atoms with Crippen molar-refractivity contribution < 1.29 is 4.79 Å². The highest BCUT2D eigenvalue weighted by molar-refractivity contribution is 6.07. The van der Waals surface area contributed by atoms with E-state index in [4.69, 9.17) is 0 Å². The lowest BCUT2D eigenvalue weighted by Gasteiger charge is -2.13. The summed E-state index contributed by atoms with van der Waals surface area (Å²) in [4.78, 5) is 12.3. The summed E-state index contributed by atoms with van der Waals surface area (Å²) in [5, 5.41) is 15.3. The van der Waals surface area contributed by atoms with Gasteiger partial charge >= 0.3 is 0 Å². The molecule has 0 spiro atoms. The first-order chi connectivity index (χ1) is 10.5. The maximum atomic E-state index is 12.3. The minimum atomic E-state index is -0.358. The molecule has 0 aliphatic heterocycles. The Morgan fingerprint density at radius 2 is 1.82 bits per heavy atom. The smallest absolute Gasteiger partial charge is 0.267 e. The van der Waals surface area contributed by atoms with Gasteiger partial charge in [-0.1, -0.05) is 30.5 Å². The van der Waals surface area contributed by atoms with E-state index in [2.05, 4.69) is 10.6 Å². The Bertz CT molecular complexity index is 611. The summed E-state index contributed by atoms with van der Waals surface area (Å²) in [6.45, 7) is 5.95. The fraction of sp³-hybridized carbons (Fsp3) is 0.444. The summed E-state index contributed by atoms with van der Waals surface area (Å²) in [6.07, 6.45) is 6.19. The van der Waals surface area contributed by atoms with Gasteiger partial charge in [0.1, 0.15) is 11.6 Å². The van der Waals surface area contributed by atoms with Crippen LogP contribution in [0.1, 0.15) is 42.4 Å². The van der Waals surface area contributed by atoms with E-state index in [0.29, 0.717) is 6.04 Å². The van der Waals surface area contributed by atoms with Gasteiger partial charge in [0.15, 0.2) is 0 Å². The van der Waals surface area contributed by atoms with Crippen LogP contribution < -0.4 is 10.6 Å². The molecule has 1 amide bonds. The van der Waals surface area contributed by atoms with Crippen LogP contribution in [0.5, 0.6) is 0 Å². The van der Waals surface area contributed by atoms with Crippen LogP contribution in [0, 0.1) is 32.1 Å². The van der Waals surface area contributed by atoms with Gasteiger partial charge in [0.25, 0.3) is 5.91 Å². The number of nitrogens with zero attached hydrogens (tertiary/aromatic N) is 1. The van der Waals surface area contributed by atoms with Crippen molar-refractivity contribution in [2.24, 2.45) is 0 Å². The van der Waals surface area contributed by atoms with Gasteiger partial charge in [-0.05, 0) is 44.7 Å². The number of amides is 1. The zero-order valence-corrected chi connectivity index (χ0v) is 13.5. The quantitative estimate of drug-likeness (QED) is 0.660. The van der Waals surface area contributed by atoms with Crippen molar-refractivity contribution in [1.29, 1.82) is 5.26 Å². The molecule has 4 heteroatoms. The van der Waals surface area contributed by atoms with Crippen LogP contribution in [0.25, 0.3) is 0 Å². The van der Waals surface area contributed by atoms with Crippen LogP contribution in [-0.4, -0.2) is 11.9 Å². The third-order valence-electron chi connectivity index (χ3n) is 4.10. The highest BCUT2D eigenvalue weighted by Crippen LogP contribution is 2.22. The number of hydrogen-bond donors (Lipinski definition) is 2. The van der Waals surface area contributed by atoms with Crippen molar-refractivity contribution >= 4 is 11.6 Å². The molecule has 116 valence electrons. The molecule has 1 saturated carbocycles. The molecule has 1 aliphatic carbocycles. The van der Waals surface area contributed by atoms with E-state index in [1.54, 1.807) is 6.20 Å². The second kappa shape index (κ2) is 7.13. The van der Waals surface area contributed by atoms with Crippen LogP contribution in [0.15, 0.2) is 23.9 Å². The molecule has 1 aromatic rings. The van der Waals surface area contributed by atoms with Gasteiger partial charge in [-0.25, -0.2) is 0 Å². The second-order valence-electron chi connectivity index (χ2n) is 6.05. The lowest BCUT2D eigenvalue weighted by molar-refractivity contribution is -0.112. The van der Waals surface area contributed by atoms with E-state index in [0.717, 1.165) is 35.2 Å². The Hall–Kier alpha value is -2.28. The standard InChI is InChI=1S/C18H23N3O/c1-12-8-13(2)17(14(3)9-12)21-18(22)15(10-19)11-20-16-6-4-5-7-16/h8-9,11,16,20H,4-7H2,1-3H3,(H,21,22)/b15-11-. The van der Waals surface area contributed by atoms with Crippen LogP contribution in [0.3, 0.4) is 0 Å². The zero-order valence-electron chi connectivity index (χ0n) is 13.5. The van der Waals surface area contributed by atoms with Gasteiger partial charge in [0.2, 0.25) is 0 Å². The summed E-state index contributed by atoms with van der Waals surface area (Å²) in [5.74, 6) is -0.358. The molecule has 1 aliphatic rings. The SMILES string of the molecule is Cc1cc(C)c(NC(=O)/C(C#N)=C\NC2CCCC2)c(C)c1. The van der Waals surface area contributed by atoms with Crippen molar-refractivity contribution in [3.63, 3.8) is 0 Å². The lowest BCUT2D eigenvalue weighted by atomic mass is 10.0. The number of hydrogen-bond acceptors (Lipinski definition) is 3. The number of rotatable bonds is 4.